The van der Waals surface area contributed by atoms with Crippen LogP contribution in [0.5, 0.6) is 0 Å². The summed E-state index contributed by atoms with van der Waals surface area (Å²) < 4.78 is 31.0. The summed E-state index contributed by atoms with van der Waals surface area (Å²) in [5.41, 5.74) is 0.323. The summed E-state index contributed by atoms with van der Waals surface area (Å²) in [6, 6.07) is 11.1. The van der Waals surface area contributed by atoms with Gasteiger partial charge < -0.3 is 9.73 Å². The van der Waals surface area contributed by atoms with Gasteiger partial charge in [0.15, 0.2) is 17.3 Å². The Kier molecular flexibility index (Phi) is 4.51. The number of oxazole rings is 1. The van der Waals surface area contributed by atoms with Crippen molar-refractivity contribution in [1.29, 1.82) is 0 Å². The molecule has 0 aliphatic carbocycles. The fourth-order valence-corrected chi connectivity index (χ4v) is 1.96. The first-order chi connectivity index (χ1) is 12.0. The van der Waals surface area contributed by atoms with Crippen LogP contribution < -0.4 is 10.6 Å². The number of hydrogen-bond acceptors (Lipinski definition) is 4. The van der Waals surface area contributed by atoms with Crippen LogP contribution in [0.4, 0.5) is 20.5 Å². The molecule has 3 aromatic rings. The van der Waals surface area contributed by atoms with Gasteiger partial charge in [0.2, 0.25) is 0 Å². The highest BCUT2D eigenvalue weighted by Crippen LogP contribution is 2.15. The van der Waals surface area contributed by atoms with Gasteiger partial charge in [-0.3, -0.25) is 14.9 Å². The van der Waals surface area contributed by atoms with Gasteiger partial charge >= 0.3 is 6.01 Å². The quantitative estimate of drug-likeness (QED) is 0.760. The third kappa shape index (κ3) is 3.86. The summed E-state index contributed by atoms with van der Waals surface area (Å²) >= 11 is 0. The average Bonchev–Trinajstić information content (AvgIpc) is 3.07. The van der Waals surface area contributed by atoms with Gasteiger partial charge in [-0.1, -0.05) is 18.2 Å². The number of hydrogen-bond donors (Lipinski definition) is 2. The van der Waals surface area contributed by atoms with Gasteiger partial charge in [0.05, 0.1) is 0 Å². The molecule has 1 heterocycles. The Hall–Kier alpha value is -3.55. The highest BCUT2D eigenvalue weighted by molar-refractivity contribution is 6.05. The lowest BCUT2D eigenvalue weighted by Gasteiger charge is -2.03. The second kappa shape index (κ2) is 6.91. The fraction of sp³-hybridized carbons (Fsp3) is 0. The smallest absolute Gasteiger partial charge is 0.302 e. The van der Waals surface area contributed by atoms with E-state index < -0.39 is 23.4 Å². The largest absolute Gasteiger partial charge is 0.431 e. The minimum Gasteiger partial charge on any atom is -0.431 e. The Morgan fingerprint density at radius 1 is 0.920 bits per heavy atom. The number of amides is 2. The van der Waals surface area contributed by atoms with Crippen LogP contribution in [0.1, 0.15) is 20.8 Å². The van der Waals surface area contributed by atoms with E-state index in [0.29, 0.717) is 5.56 Å². The van der Waals surface area contributed by atoms with Crippen molar-refractivity contribution < 1.29 is 22.8 Å². The van der Waals surface area contributed by atoms with Crippen LogP contribution in [0.25, 0.3) is 0 Å². The zero-order valence-electron chi connectivity index (χ0n) is 12.6. The molecule has 0 radical (unpaired) electrons. The van der Waals surface area contributed by atoms with E-state index >= 15 is 0 Å². The Labute approximate surface area is 140 Å². The Bertz CT molecular complexity index is 926. The van der Waals surface area contributed by atoms with Gasteiger partial charge in [0.25, 0.3) is 11.8 Å². The summed E-state index contributed by atoms with van der Waals surface area (Å²) in [5, 5.41) is 4.75. The number of anilines is 2. The van der Waals surface area contributed by atoms with Crippen LogP contribution in [0.3, 0.4) is 0 Å². The average molecular weight is 343 g/mol. The predicted molar refractivity (Wildman–Crippen MR) is 85.2 cm³/mol. The number of nitrogens with zero attached hydrogens (tertiary/aromatic N) is 1. The van der Waals surface area contributed by atoms with Crippen molar-refractivity contribution in [3.63, 3.8) is 0 Å². The minimum atomic E-state index is -1.09. The Morgan fingerprint density at radius 2 is 1.68 bits per heavy atom. The Balaban J connectivity index is 1.67. The molecule has 2 amide bonds. The maximum absolute atomic E-state index is 13.1. The molecule has 0 saturated carbocycles. The van der Waals surface area contributed by atoms with Crippen molar-refractivity contribution in [1.82, 2.24) is 4.98 Å². The maximum Gasteiger partial charge on any atom is 0.302 e. The molecule has 0 aliphatic heterocycles. The molecule has 0 spiro atoms. The Morgan fingerprint density at radius 3 is 2.40 bits per heavy atom. The van der Waals surface area contributed by atoms with Gasteiger partial charge in [0, 0.05) is 17.3 Å². The number of carbonyl (C=O) groups excluding carboxylic acids is 2. The molecular formula is C17H11F2N3O3. The minimum absolute atomic E-state index is 0.0572. The first kappa shape index (κ1) is 16.3. The summed E-state index contributed by atoms with van der Waals surface area (Å²) in [6.07, 6.45) is 1.04. The van der Waals surface area contributed by atoms with Gasteiger partial charge in [-0.25, -0.2) is 8.78 Å². The summed E-state index contributed by atoms with van der Waals surface area (Å²) in [5.74, 6) is -3.26. The van der Waals surface area contributed by atoms with Crippen LogP contribution in [-0.2, 0) is 0 Å². The van der Waals surface area contributed by atoms with Gasteiger partial charge in [-0.2, -0.15) is 4.98 Å². The van der Waals surface area contributed by atoms with Crippen LogP contribution in [0, 0.1) is 11.6 Å². The van der Waals surface area contributed by atoms with Crippen LogP contribution in [0.2, 0.25) is 0 Å². The molecule has 3 rings (SSSR count). The lowest BCUT2D eigenvalue weighted by atomic mass is 10.2. The van der Waals surface area contributed by atoms with Crippen molar-refractivity contribution in [2.45, 2.75) is 0 Å². The lowest BCUT2D eigenvalue weighted by Crippen LogP contribution is -2.14. The first-order valence-corrected chi connectivity index (χ1v) is 7.11. The summed E-state index contributed by atoms with van der Waals surface area (Å²) in [6.45, 7) is 0. The van der Waals surface area contributed by atoms with Crippen LogP contribution >= 0.6 is 0 Å². The summed E-state index contributed by atoms with van der Waals surface area (Å²) in [4.78, 5) is 27.8. The molecular weight excluding hydrogens is 332 g/mol. The molecule has 0 saturated heterocycles. The number of rotatable bonds is 4. The zero-order valence-corrected chi connectivity index (χ0v) is 12.6. The molecule has 0 atom stereocenters. The van der Waals surface area contributed by atoms with E-state index in [-0.39, 0.29) is 17.4 Å². The molecule has 2 N–H and O–H groups in total. The second-order valence-electron chi connectivity index (χ2n) is 4.94. The van der Waals surface area contributed by atoms with Gasteiger partial charge in [-0.05, 0) is 24.3 Å². The van der Waals surface area contributed by atoms with E-state index in [2.05, 4.69) is 15.6 Å². The standard InChI is InChI=1S/C17H11F2N3O3/c18-12-7-6-11(8-13(12)19)20-16(24)14-9-25-17(21-14)22-15(23)10-4-2-1-3-5-10/h1-9H,(H,20,24)(H,21,22,23). The molecule has 0 unspecified atom stereocenters. The number of carbonyl (C=O) groups is 2. The van der Waals surface area contributed by atoms with Crippen molar-refractivity contribution in [2.75, 3.05) is 10.6 Å². The fourth-order valence-electron chi connectivity index (χ4n) is 1.96. The summed E-state index contributed by atoms with van der Waals surface area (Å²) in [7, 11) is 0. The topological polar surface area (TPSA) is 84.2 Å². The van der Waals surface area contributed by atoms with E-state index in [0.717, 1.165) is 18.4 Å². The normalized spacial score (nSPS) is 10.3. The van der Waals surface area contributed by atoms with Crippen LogP contribution in [0.15, 0.2) is 59.2 Å². The number of halogens is 2. The third-order valence-corrected chi connectivity index (χ3v) is 3.17. The number of benzene rings is 2. The highest BCUT2D eigenvalue weighted by atomic mass is 19.2. The molecule has 0 bridgehead atoms. The van der Waals surface area contributed by atoms with Crippen LogP contribution in [-0.4, -0.2) is 16.8 Å². The third-order valence-electron chi connectivity index (χ3n) is 3.17. The second-order valence-corrected chi connectivity index (χ2v) is 4.94. The molecule has 1 aromatic heterocycles. The molecule has 126 valence electrons. The van der Waals surface area contributed by atoms with Crippen molar-refractivity contribution >= 4 is 23.5 Å². The monoisotopic (exact) mass is 343 g/mol. The molecule has 8 heteroatoms. The molecule has 0 aliphatic rings. The highest BCUT2D eigenvalue weighted by Gasteiger charge is 2.15. The van der Waals surface area contributed by atoms with E-state index in [1.165, 1.54) is 6.07 Å². The first-order valence-electron chi connectivity index (χ1n) is 7.11. The van der Waals surface area contributed by atoms with Crippen molar-refractivity contribution in [3.8, 4) is 0 Å². The SMILES string of the molecule is O=C(Nc1nc(C(=O)Nc2ccc(F)c(F)c2)co1)c1ccccc1. The molecule has 6 nitrogen and oxygen atoms in total. The van der Waals surface area contributed by atoms with Crippen molar-refractivity contribution in [3.05, 3.63) is 77.7 Å². The zero-order chi connectivity index (χ0) is 17.8. The predicted octanol–water partition coefficient (Wildman–Crippen LogP) is 3.46. The van der Waals surface area contributed by atoms with Gasteiger partial charge in [-0.15, -0.1) is 0 Å². The lowest BCUT2D eigenvalue weighted by molar-refractivity contribution is 0.101. The van der Waals surface area contributed by atoms with E-state index in [1.807, 2.05) is 0 Å². The molecule has 25 heavy (non-hydrogen) atoms. The van der Waals surface area contributed by atoms with E-state index in [4.69, 9.17) is 4.42 Å². The maximum atomic E-state index is 13.1. The molecule has 0 fully saturated rings. The van der Waals surface area contributed by atoms with Crippen molar-refractivity contribution in [2.24, 2.45) is 0 Å². The molecule has 2 aromatic carbocycles. The number of nitrogens with one attached hydrogen (secondary N) is 2. The van der Waals surface area contributed by atoms with Gasteiger partial charge in [0.1, 0.15) is 6.26 Å². The number of aromatic nitrogens is 1. The van der Waals surface area contributed by atoms with E-state index in [9.17, 15) is 18.4 Å². The van der Waals surface area contributed by atoms with E-state index in [1.54, 1.807) is 30.3 Å².